The van der Waals surface area contributed by atoms with Crippen molar-refractivity contribution in [1.82, 2.24) is 9.97 Å². The van der Waals surface area contributed by atoms with Gasteiger partial charge < -0.3 is 10.2 Å². The van der Waals surface area contributed by atoms with Crippen LogP contribution in [-0.2, 0) is 24.1 Å². The number of aliphatic hydroxyl groups excluding tert-OH is 1. The van der Waals surface area contributed by atoms with Crippen LogP contribution in [0.2, 0.25) is 0 Å². The Morgan fingerprint density at radius 2 is 1.80 bits per heavy atom. The first kappa shape index (κ1) is 14.1. The molecule has 0 fully saturated rings. The van der Waals surface area contributed by atoms with Gasteiger partial charge in [0.2, 0.25) is 0 Å². The SMILES string of the molecule is O=C(O)C(O)Cc1cc(CCc2ccccc2)ncn1. The topological polar surface area (TPSA) is 83.3 Å². The maximum absolute atomic E-state index is 10.6. The minimum atomic E-state index is -1.42. The molecule has 2 rings (SSSR count). The van der Waals surface area contributed by atoms with E-state index in [4.69, 9.17) is 5.11 Å². The first-order valence-electron chi connectivity index (χ1n) is 6.40. The molecule has 104 valence electrons. The van der Waals surface area contributed by atoms with Gasteiger partial charge in [-0.1, -0.05) is 30.3 Å². The second-order valence-electron chi connectivity index (χ2n) is 4.54. The Kier molecular flexibility index (Phi) is 4.79. The molecule has 0 amide bonds. The molecule has 1 aromatic carbocycles. The van der Waals surface area contributed by atoms with Crippen molar-refractivity contribution in [1.29, 1.82) is 0 Å². The molecule has 5 nitrogen and oxygen atoms in total. The third-order valence-electron chi connectivity index (χ3n) is 2.98. The molecule has 0 bridgehead atoms. The summed E-state index contributed by atoms with van der Waals surface area (Å²) in [5, 5.41) is 18.0. The highest BCUT2D eigenvalue weighted by Crippen LogP contribution is 2.07. The predicted molar refractivity (Wildman–Crippen MR) is 73.2 cm³/mol. The van der Waals surface area contributed by atoms with Crippen LogP contribution in [0.25, 0.3) is 0 Å². The van der Waals surface area contributed by atoms with Gasteiger partial charge in [0.1, 0.15) is 6.33 Å². The lowest BCUT2D eigenvalue weighted by Gasteiger charge is -2.06. The number of carboxylic acid groups (broad SMARTS) is 1. The van der Waals surface area contributed by atoms with Crippen LogP contribution in [0.4, 0.5) is 0 Å². The molecule has 0 aliphatic rings. The summed E-state index contributed by atoms with van der Waals surface area (Å²) >= 11 is 0. The Bertz CT molecular complexity index is 572. The molecule has 1 atom stereocenters. The van der Waals surface area contributed by atoms with Crippen molar-refractivity contribution in [3.63, 3.8) is 0 Å². The quantitative estimate of drug-likeness (QED) is 0.827. The molecule has 0 radical (unpaired) electrons. The fourth-order valence-electron chi connectivity index (χ4n) is 1.89. The van der Waals surface area contributed by atoms with Gasteiger partial charge in [-0.05, 0) is 24.5 Å². The fourth-order valence-corrected chi connectivity index (χ4v) is 1.89. The number of nitrogens with zero attached hydrogens (tertiary/aromatic N) is 2. The maximum Gasteiger partial charge on any atom is 0.332 e. The Hall–Kier alpha value is -2.27. The van der Waals surface area contributed by atoms with E-state index in [1.807, 2.05) is 18.2 Å². The van der Waals surface area contributed by atoms with Crippen molar-refractivity contribution in [2.75, 3.05) is 0 Å². The van der Waals surface area contributed by atoms with E-state index in [1.54, 1.807) is 6.07 Å². The van der Waals surface area contributed by atoms with Crippen LogP contribution >= 0.6 is 0 Å². The van der Waals surface area contributed by atoms with Crippen molar-refractivity contribution >= 4 is 5.97 Å². The van der Waals surface area contributed by atoms with Crippen LogP contribution in [0.1, 0.15) is 17.0 Å². The molecular weight excluding hydrogens is 256 g/mol. The summed E-state index contributed by atoms with van der Waals surface area (Å²) in [6.07, 6.45) is 1.59. The van der Waals surface area contributed by atoms with Crippen molar-refractivity contribution < 1.29 is 15.0 Å². The second kappa shape index (κ2) is 6.77. The predicted octanol–water partition coefficient (Wildman–Crippen LogP) is 1.25. The van der Waals surface area contributed by atoms with Gasteiger partial charge >= 0.3 is 5.97 Å². The highest BCUT2D eigenvalue weighted by Gasteiger charge is 2.14. The molecule has 0 aliphatic heterocycles. The molecule has 0 saturated carbocycles. The molecule has 20 heavy (non-hydrogen) atoms. The minimum Gasteiger partial charge on any atom is -0.479 e. The van der Waals surface area contributed by atoms with E-state index < -0.39 is 12.1 Å². The van der Waals surface area contributed by atoms with Crippen LogP contribution in [0.5, 0.6) is 0 Å². The zero-order valence-corrected chi connectivity index (χ0v) is 10.9. The van der Waals surface area contributed by atoms with Crippen LogP contribution in [0, 0.1) is 0 Å². The molecule has 0 aliphatic carbocycles. The molecule has 5 heteroatoms. The van der Waals surface area contributed by atoms with E-state index in [0.29, 0.717) is 5.69 Å². The average molecular weight is 272 g/mol. The van der Waals surface area contributed by atoms with Gasteiger partial charge in [0.15, 0.2) is 6.10 Å². The minimum absolute atomic E-state index is 0.00378. The van der Waals surface area contributed by atoms with Gasteiger partial charge in [-0.3, -0.25) is 0 Å². The van der Waals surface area contributed by atoms with Crippen molar-refractivity contribution in [3.8, 4) is 0 Å². The molecule has 1 heterocycles. The van der Waals surface area contributed by atoms with E-state index in [2.05, 4.69) is 22.1 Å². The van der Waals surface area contributed by atoms with E-state index in [9.17, 15) is 9.90 Å². The normalized spacial score (nSPS) is 12.1. The molecule has 1 unspecified atom stereocenters. The Morgan fingerprint density at radius 3 is 2.50 bits per heavy atom. The number of carboxylic acids is 1. The van der Waals surface area contributed by atoms with E-state index in [-0.39, 0.29) is 6.42 Å². The van der Waals surface area contributed by atoms with Crippen LogP contribution in [0.3, 0.4) is 0 Å². The maximum atomic E-state index is 10.6. The molecule has 2 aromatic rings. The Balaban J connectivity index is 1.97. The summed E-state index contributed by atoms with van der Waals surface area (Å²) in [7, 11) is 0. The van der Waals surface area contributed by atoms with E-state index >= 15 is 0 Å². The van der Waals surface area contributed by atoms with Gasteiger partial charge in [0, 0.05) is 17.8 Å². The van der Waals surface area contributed by atoms with Gasteiger partial charge in [0.05, 0.1) is 0 Å². The van der Waals surface area contributed by atoms with E-state index in [1.165, 1.54) is 11.9 Å². The highest BCUT2D eigenvalue weighted by molar-refractivity contribution is 5.72. The summed E-state index contributed by atoms with van der Waals surface area (Å²) in [5.41, 5.74) is 2.60. The lowest BCUT2D eigenvalue weighted by atomic mass is 10.1. The number of carbonyl (C=O) groups is 1. The summed E-state index contributed by atoms with van der Waals surface area (Å²) in [6, 6.07) is 11.8. The third kappa shape index (κ3) is 4.13. The number of aromatic nitrogens is 2. The average Bonchev–Trinajstić information content (AvgIpc) is 2.46. The third-order valence-corrected chi connectivity index (χ3v) is 2.98. The van der Waals surface area contributed by atoms with E-state index in [0.717, 1.165) is 18.5 Å². The van der Waals surface area contributed by atoms with Crippen LogP contribution < -0.4 is 0 Å². The lowest BCUT2D eigenvalue weighted by Crippen LogP contribution is -2.22. The van der Waals surface area contributed by atoms with Crippen LogP contribution in [0.15, 0.2) is 42.7 Å². The molecule has 0 spiro atoms. The summed E-state index contributed by atoms with van der Waals surface area (Å²) < 4.78 is 0. The Morgan fingerprint density at radius 1 is 1.10 bits per heavy atom. The van der Waals surface area contributed by atoms with Crippen molar-refractivity contribution in [2.45, 2.75) is 25.4 Å². The number of rotatable bonds is 6. The highest BCUT2D eigenvalue weighted by atomic mass is 16.4. The largest absolute Gasteiger partial charge is 0.479 e. The lowest BCUT2D eigenvalue weighted by molar-refractivity contribution is -0.146. The number of aliphatic carboxylic acids is 1. The summed E-state index contributed by atoms with van der Waals surface area (Å²) in [4.78, 5) is 18.8. The number of aryl methyl sites for hydroxylation is 2. The molecule has 1 aromatic heterocycles. The second-order valence-corrected chi connectivity index (χ2v) is 4.54. The number of hydrogen-bond donors (Lipinski definition) is 2. The smallest absolute Gasteiger partial charge is 0.332 e. The zero-order valence-electron chi connectivity index (χ0n) is 10.9. The van der Waals surface area contributed by atoms with Crippen LogP contribution in [-0.4, -0.2) is 32.3 Å². The number of benzene rings is 1. The van der Waals surface area contributed by atoms with Gasteiger partial charge in [-0.25, -0.2) is 14.8 Å². The molecule has 2 N–H and O–H groups in total. The van der Waals surface area contributed by atoms with Gasteiger partial charge in [-0.15, -0.1) is 0 Å². The monoisotopic (exact) mass is 272 g/mol. The van der Waals surface area contributed by atoms with Crippen molar-refractivity contribution in [3.05, 3.63) is 59.7 Å². The zero-order chi connectivity index (χ0) is 14.4. The van der Waals surface area contributed by atoms with Crippen molar-refractivity contribution in [2.24, 2.45) is 0 Å². The van der Waals surface area contributed by atoms with Gasteiger partial charge in [0.25, 0.3) is 0 Å². The molecule has 0 saturated heterocycles. The number of hydrogen-bond acceptors (Lipinski definition) is 4. The first-order chi connectivity index (χ1) is 9.65. The standard InChI is InChI=1S/C15H16N2O3/c18-14(15(19)20)9-13-8-12(16-10-17-13)7-6-11-4-2-1-3-5-11/h1-5,8,10,14,18H,6-7,9H2,(H,19,20). The Labute approximate surface area is 117 Å². The fraction of sp³-hybridized carbons (Fsp3) is 0.267. The number of aliphatic hydroxyl groups is 1. The summed E-state index contributed by atoms with van der Waals surface area (Å²) in [5.74, 6) is -1.24. The van der Waals surface area contributed by atoms with Gasteiger partial charge in [-0.2, -0.15) is 0 Å². The summed E-state index contributed by atoms with van der Waals surface area (Å²) in [6.45, 7) is 0. The first-order valence-corrected chi connectivity index (χ1v) is 6.40. The molecular formula is C15H16N2O3.